The van der Waals surface area contributed by atoms with Crippen LogP contribution < -0.4 is 0 Å². The Balaban J connectivity index is 2.22. The highest BCUT2D eigenvalue weighted by Crippen LogP contribution is 2.62. The monoisotopic (exact) mass is 367 g/mol. The first kappa shape index (κ1) is 19.9. The fourth-order valence-electron chi connectivity index (χ4n) is 2.76. The van der Waals surface area contributed by atoms with E-state index in [1.54, 1.807) is 26.8 Å². The van der Waals surface area contributed by atoms with Gasteiger partial charge in [0.1, 0.15) is 0 Å². The highest BCUT2D eigenvalue weighted by molar-refractivity contribution is 7.54. The molecular formula is C18H26NO5P. The second-order valence-corrected chi connectivity index (χ2v) is 7.90. The highest BCUT2D eigenvalue weighted by Gasteiger charge is 2.37. The maximum absolute atomic E-state index is 13.3. The van der Waals surface area contributed by atoms with Gasteiger partial charge in [0.15, 0.2) is 0 Å². The minimum Gasteiger partial charge on any atom is -0.308 e. The second kappa shape index (κ2) is 9.30. The molecule has 0 aliphatic carbocycles. The molecule has 2 rings (SSSR count). The molecule has 0 saturated heterocycles. The number of hydrogen-bond donors (Lipinski definition) is 0. The summed E-state index contributed by atoms with van der Waals surface area (Å²) in [6.45, 7) is 6.61. The number of nitrogens with zero attached hydrogens (tertiary/aromatic N) is 1. The summed E-state index contributed by atoms with van der Waals surface area (Å²) in [5.41, 5.74) is 1.06. The van der Waals surface area contributed by atoms with Crippen molar-refractivity contribution in [2.24, 2.45) is 0 Å². The minimum atomic E-state index is -3.36. The number of amides is 1. The summed E-state index contributed by atoms with van der Waals surface area (Å²) >= 11 is 0. The van der Waals surface area contributed by atoms with E-state index in [4.69, 9.17) is 13.9 Å². The minimum absolute atomic E-state index is 0.166. The van der Waals surface area contributed by atoms with Crippen LogP contribution in [0.25, 0.3) is 0 Å². The van der Waals surface area contributed by atoms with Gasteiger partial charge in [-0.3, -0.25) is 14.2 Å². The molecule has 1 unspecified atom stereocenters. The molecule has 0 radical (unpaired) electrons. The molecular weight excluding hydrogens is 341 g/mol. The average molecular weight is 367 g/mol. The molecule has 6 nitrogen and oxygen atoms in total. The topological polar surface area (TPSA) is 65.1 Å². The van der Waals surface area contributed by atoms with Crippen molar-refractivity contribution in [3.8, 4) is 0 Å². The first-order valence-corrected chi connectivity index (χ1v) is 10.2. The van der Waals surface area contributed by atoms with Gasteiger partial charge in [0.2, 0.25) is 0 Å². The largest absolute Gasteiger partial charge is 0.338 e. The summed E-state index contributed by atoms with van der Waals surface area (Å²) in [6, 6.07) is 9.48. The van der Waals surface area contributed by atoms with Crippen molar-refractivity contribution in [2.75, 3.05) is 26.4 Å². The van der Waals surface area contributed by atoms with Crippen LogP contribution in [0.2, 0.25) is 0 Å². The van der Waals surface area contributed by atoms with Gasteiger partial charge in [-0.1, -0.05) is 30.3 Å². The van der Waals surface area contributed by atoms with Gasteiger partial charge in [-0.2, -0.15) is 0 Å². The lowest BCUT2D eigenvalue weighted by Gasteiger charge is -2.30. The summed E-state index contributed by atoms with van der Waals surface area (Å²) in [5.74, 6) is -0.166. The summed E-state index contributed by atoms with van der Waals surface area (Å²) in [7, 11) is -3.36. The van der Waals surface area contributed by atoms with Gasteiger partial charge in [0.05, 0.1) is 32.0 Å². The molecule has 1 heterocycles. The normalized spacial score (nSPS) is 16.7. The Morgan fingerprint density at radius 1 is 1.20 bits per heavy atom. The zero-order valence-corrected chi connectivity index (χ0v) is 15.9. The third kappa shape index (κ3) is 5.02. The van der Waals surface area contributed by atoms with Crippen LogP contribution in [0.3, 0.4) is 0 Å². The predicted molar refractivity (Wildman–Crippen MR) is 96.1 cm³/mol. The lowest BCUT2D eigenvalue weighted by atomic mass is 10.1. The van der Waals surface area contributed by atoms with Crippen LogP contribution in [0, 0.1) is 0 Å². The molecule has 1 amide bonds. The quantitative estimate of drug-likeness (QED) is 0.615. The van der Waals surface area contributed by atoms with Crippen LogP contribution in [-0.4, -0.2) is 37.3 Å². The standard InChI is InChI=1S/C18H26NO5P/c1-4-23-25(21,24-5-2)17(16-9-7-6-8-10-16)11-13-19-18(20)15(3)12-14-22-19/h6-10,12,17H,4-5,11,13-14H2,1-3H3. The van der Waals surface area contributed by atoms with Crippen molar-refractivity contribution in [2.45, 2.75) is 32.9 Å². The Kier molecular flexibility index (Phi) is 7.38. The lowest BCUT2D eigenvalue weighted by Crippen LogP contribution is -2.36. The second-order valence-electron chi connectivity index (χ2n) is 5.68. The maximum atomic E-state index is 13.3. The molecule has 1 aromatic carbocycles. The number of rotatable bonds is 9. The number of hydrogen-bond acceptors (Lipinski definition) is 5. The number of hydroxylamine groups is 2. The Morgan fingerprint density at radius 2 is 1.84 bits per heavy atom. The average Bonchev–Trinajstić information content (AvgIpc) is 2.60. The van der Waals surface area contributed by atoms with E-state index in [9.17, 15) is 9.36 Å². The molecule has 1 atom stereocenters. The van der Waals surface area contributed by atoms with E-state index in [0.717, 1.165) is 5.56 Å². The van der Waals surface area contributed by atoms with Crippen molar-refractivity contribution in [1.29, 1.82) is 0 Å². The van der Waals surface area contributed by atoms with Gasteiger partial charge < -0.3 is 9.05 Å². The maximum Gasteiger partial charge on any atom is 0.338 e. The summed E-state index contributed by atoms with van der Waals surface area (Å²) in [5, 5.41) is 1.33. The fourth-order valence-corrected chi connectivity index (χ4v) is 4.88. The number of carbonyl (C=O) groups excluding carboxylic acids is 1. The van der Waals surface area contributed by atoms with Crippen molar-refractivity contribution < 1.29 is 23.2 Å². The third-order valence-electron chi connectivity index (χ3n) is 3.97. The van der Waals surface area contributed by atoms with E-state index in [1.807, 2.05) is 30.3 Å². The van der Waals surface area contributed by atoms with Crippen LogP contribution in [0.1, 0.15) is 38.4 Å². The molecule has 0 fully saturated rings. The van der Waals surface area contributed by atoms with Crippen LogP contribution in [0.4, 0.5) is 0 Å². The van der Waals surface area contributed by atoms with E-state index in [2.05, 4.69) is 0 Å². The van der Waals surface area contributed by atoms with E-state index >= 15 is 0 Å². The Bertz CT molecular complexity index is 636. The van der Waals surface area contributed by atoms with Crippen molar-refractivity contribution in [3.63, 3.8) is 0 Å². The molecule has 7 heteroatoms. The van der Waals surface area contributed by atoms with Crippen LogP contribution in [-0.2, 0) is 23.2 Å². The molecule has 0 spiro atoms. The smallest absolute Gasteiger partial charge is 0.308 e. The van der Waals surface area contributed by atoms with Crippen LogP contribution in [0.15, 0.2) is 42.0 Å². The van der Waals surface area contributed by atoms with Gasteiger partial charge in [-0.05, 0) is 38.8 Å². The van der Waals surface area contributed by atoms with Gasteiger partial charge in [0.25, 0.3) is 5.91 Å². The first-order chi connectivity index (χ1) is 12.0. The Hall–Kier alpha value is -1.46. The predicted octanol–water partition coefficient (Wildman–Crippen LogP) is 4.10. The van der Waals surface area contributed by atoms with Crippen molar-refractivity contribution in [3.05, 3.63) is 47.5 Å². The molecule has 0 bridgehead atoms. The fraction of sp³-hybridized carbons (Fsp3) is 0.500. The number of carbonyl (C=O) groups is 1. The summed E-state index contributed by atoms with van der Waals surface area (Å²) in [6.07, 6.45) is 2.17. The van der Waals surface area contributed by atoms with E-state index in [1.165, 1.54) is 5.06 Å². The molecule has 0 N–H and O–H groups in total. The first-order valence-electron chi connectivity index (χ1n) is 8.57. The molecule has 1 aliphatic rings. The molecule has 25 heavy (non-hydrogen) atoms. The zero-order valence-electron chi connectivity index (χ0n) is 15.0. The lowest BCUT2D eigenvalue weighted by molar-refractivity contribution is -0.181. The molecule has 0 saturated carbocycles. The molecule has 1 aromatic rings. The van der Waals surface area contributed by atoms with Gasteiger partial charge in [-0.25, -0.2) is 5.06 Å². The highest BCUT2D eigenvalue weighted by atomic mass is 31.2. The Labute approximate surface area is 149 Å². The van der Waals surface area contributed by atoms with E-state index in [-0.39, 0.29) is 5.91 Å². The molecule has 0 aromatic heterocycles. The zero-order chi connectivity index (χ0) is 18.3. The van der Waals surface area contributed by atoms with Crippen molar-refractivity contribution in [1.82, 2.24) is 5.06 Å². The summed E-state index contributed by atoms with van der Waals surface area (Å²) in [4.78, 5) is 17.6. The Morgan fingerprint density at radius 3 is 2.44 bits per heavy atom. The van der Waals surface area contributed by atoms with E-state index in [0.29, 0.717) is 38.4 Å². The van der Waals surface area contributed by atoms with Crippen molar-refractivity contribution >= 4 is 13.5 Å². The number of benzene rings is 1. The van der Waals surface area contributed by atoms with Crippen LogP contribution in [0.5, 0.6) is 0 Å². The van der Waals surface area contributed by atoms with Crippen LogP contribution >= 0.6 is 7.60 Å². The molecule has 138 valence electrons. The van der Waals surface area contributed by atoms with E-state index < -0.39 is 13.3 Å². The third-order valence-corrected chi connectivity index (χ3v) is 6.53. The van der Waals surface area contributed by atoms with Gasteiger partial charge >= 0.3 is 7.60 Å². The SMILES string of the molecule is CCOP(=O)(OCC)C(CCN1OCC=C(C)C1=O)c1ccccc1. The van der Waals surface area contributed by atoms with Gasteiger partial charge in [0, 0.05) is 5.57 Å². The summed E-state index contributed by atoms with van der Waals surface area (Å²) < 4.78 is 24.4. The molecule has 1 aliphatic heterocycles. The van der Waals surface area contributed by atoms with Gasteiger partial charge in [-0.15, -0.1) is 0 Å².